The molecule has 0 amide bonds. The summed E-state index contributed by atoms with van der Waals surface area (Å²) in [6, 6.07) is 4.52. The molecule has 1 aromatic heterocycles. The Kier molecular flexibility index (Phi) is 3.77. The van der Waals surface area contributed by atoms with Crippen LogP contribution >= 0.6 is 11.6 Å². The lowest BCUT2D eigenvalue weighted by atomic mass is 10.2. The van der Waals surface area contributed by atoms with Crippen molar-refractivity contribution in [2.75, 3.05) is 0 Å². The standard InChI is InChI=1S/C13H12ClFN2O/c1-8-3-4-11(15)5-12(8)18-13-16-7-10(6-14)9(2)17-13/h3-5,7H,6H2,1-2H3. The van der Waals surface area contributed by atoms with Crippen LogP contribution in [0.1, 0.15) is 16.8 Å². The van der Waals surface area contributed by atoms with Crippen LogP contribution in [0.4, 0.5) is 4.39 Å². The van der Waals surface area contributed by atoms with E-state index in [9.17, 15) is 4.39 Å². The Bertz CT molecular complexity index is 575. The molecule has 3 nitrogen and oxygen atoms in total. The van der Waals surface area contributed by atoms with E-state index in [0.717, 1.165) is 16.8 Å². The summed E-state index contributed by atoms with van der Waals surface area (Å²) in [5.41, 5.74) is 2.42. The fourth-order valence-electron chi connectivity index (χ4n) is 1.43. The van der Waals surface area contributed by atoms with E-state index in [0.29, 0.717) is 11.6 Å². The Morgan fingerprint density at radius 1 is 1.33 bits per heavy atom. The number of hydrogen-bond acceptors (Lipinski definition) is 3. The molecular formula is C13H12ClFN2O. The van der Waals surface area contributed by atoms with E-state index in [4.69, 9.17) is 16.3 Å². The lowest BCUT2D eigenvalue weighted by Gasteiger charge is -2.08. The van der Waals surface area contributed by atoms with Gasteiger partial charge in [-0.15, -0.1) is 11.6 Å². The fraction of sp³-hybridized carbons (Fsp3) is 0.231. The molecular weight excluding hydrogens is 255 g/mol. The van der Waals surface area contributed by atoms with E-state index in [-0.39, 0.29) is 11.8 Å². The largest absolute Gasteiger partial charge is 0.424 e. The summed E-state index contributed by atoms with van der Waals surface area (Å²) in [7, 11) is 0. The van der Waals surface area contributed by atoms with Crippen molar-refractivity contribution in [2.45, 2.75) is 19.7 Å². The molecule has 0 aliphatic heterocycles. The number of hydrogen-bond donors (Lipinski definition) is 0. The minimum absolute atomic E-state index is 0.190. The number of rotatable bonds is 3. The quantitative estimate of drug-likeness (QED) is 0.794. The fourth-order valence-corrected chi connectivity index (χ4v) is 1.70. The molecule has 18 heavy (non-hydrogen) atoms. The van der Waals surface area contributed by atoms with Gasteiger partial charge in [-0.2, -0.15) is 4.98 Å². The number of nitrogens with zero attached hydrogens (tertiary/aromatic N) is 2. The van der Waals surface area contributed by atoms with E-state index in [2.05, 4.69) is 9.97 Å². The Labute approximate surface area is 110 Å². The first-order valence-corrected chi connectivity index (χ1v) is 5.96. The van der Waals surface area contributed by atoms with Gasteiger partial charge in [-0.1, -0.05) is 6.07 Å². The third-order valence-electron chi connectivity index (χ3n) is 2.55. The lowest BCUT2D eigenvalue weighted by Crippen LogP contribution is -1.98. The predicted molar refractivity (Wildman–Crippen MR) is 67.5 cm³/mol. The average Bonchev–Trinajstić information content (AvgIpc) is 2.34. The van der Waals surface area contributed by atoms with Gasteiger partial charge in [0.2, 0.25) is 0 Å². The van der Waals surface area contributed by atoms with Crippen LogP contribution < -0.4 is 4.74 Å². The number of alkyl halides is 1. The summed E-state index contributed by atoms with van der Waals surface area (Å²) >= 11 is 5.72. The highest BCUT2D eigenvalue weighted by molar-refractivity contribution is 6.17. The summed E-state index contributed by atoms with van der Waals surface area (Å²) in [6.45, 7) is 3.65. The average molecular weight is 267 g/mol. The molecule has 0 N–H and O–H groups in total. The van der Waals surface area contributed by atoms with Crippen LogP contribution in [-0.4, -0.2) is 9.97 Å². The maximum Gasteiger partial charge on any atom is 0.322 e. The highest BCUT2D eigenvalue weighted by atomic mass is 35.5. The molecule has 0 atom stereocenters. The lowest BCUT2D eigenvalue weighted by molar-refractivity contribution is 0.432. The molecule has 0 spiro atoms. The van der Waals surface area contributed by atoms with Crippen molar-refractivity contribution >= 4 is 11.6 Å². The number of halogens is 2. The summed E-state index contributed by atoms with van der Waals surface area (Å²) < 4.78 is 18.6. The second-order valence-corrected chi connectivity index (χ2v) is 4.18. The van der Waals surface area contributed by atoms with E-state index >= 15 is 0 Å². The molecule has 2 rings (SSSR count). The predicted octanol–water partition coefficient (Wildman–Crippen LogP) is 3.76. The zero-order valence-electron chi connectivity index (χ0n) is 10.1. The Balaban J connectivity index is 2.28. The Hall–Kier alpha value is -1.68. The van der Waals surface area contributed by atoms with Crippen LogP contribution in [0.3, 0.4) is 0 Å². The minimum Gasteiger partial charge on any atom is -0.424 e. The first kappa shape index (κ1) is 12.8. The molecule has 0 radical (unpaired) electrons. The first-order valence-electron chi connectivity index (χ1n) is 5.42. The van der Waals surface area contributed by atoms with Gasteiger partial charge in [0.1, 0.15) is 11.6 Å². The highest BCUT2D eigenvalue weighted by Gasteiger charge is 2.07. The van der Waals surface area contributed by atoms with Gasteiger partial charge in [0.15, 0.2) is 0 Å². The summed E-state index contributed by atoms with van der Waals surface area (Å²) in [5, 5.41) is 0. The maximum absolute atomic E-state index is 13.1. The maximum atomic E-state index is 13.1. The van der Waals surface area contributed by atoms with E-state index in [1.54, 1.807) is 12.3 Å². The van der Waals surface area contributed by atoms with Gasteiger partial charge in [-0.05, 0) is 25.5 Å². The molecule has 5 heteroatoms. The summed E-state index contributed by atoms with van der Waals surface area (Å²) in [6.07, 6.45) is 1.61. The zero-order chi connectivity index (χ0) is 13.1. The van der Waals surface area contributed by atoms with Crippen LogP contribution in [-0.2, 0) is 5.88 Å². The third kappa shape index (κ3) is 2.76. The second kappa shape index (κ2) is 5.31. The van der Waals surface area contributed by atoms with Crippen molar-refractivity contribution in [1.82, 2.24) is 9.97 Å². The van der Waals surface area contributed by atoms with Gasteiger partial charge < -0.3 is 4.74 Å². The number of aryl methyl sites for hydroxylation is 2. The van der Waals surface area contributed by atoms with Crippen LogP contribution in [0, 0.1) is 19.7 Å². The normalized spacial score (nSPS) is 10.4. The molecule has 0 bridgehead atoms. The van der Waals surface area contributed by atoms with Crippen LogP contribution in [0.2, 0.25) is 0 Å². The smallest absolute Gasteiger partial charge is 0.322 e. The molecule has 0 saturated heterocycles. The first-order chi connectivity index (χ1) is 8.60. The van der Waals surface area contributed by atoms with Gasteiger partial charge in [-0.25, -0.2) is 9.37 Å². The van der Waals surface area contributed by atoms with Gasteiger partial charge in [0, 0.05) is 23.5 Å². The number of benzene rings is 1. The van der Waals surface area contributed by atoms with E-state index in [1.807, 2.05) is 13.8 Å². The molecule has 0 unspecified atom stereocenters. The molecule has 0 saturated carbocycles. The van der Waals surface area contributed by atoms with Crippen molar-refractivity contribution in [3.8, 4) is 11.8 Å². The van der Waals surface area contributed by atoms with Crippen molar-refractivity contribution < 1.29 is 9.13 Å². The van der Waals surface area contributed by atoms with Gasteiger partial charge >= 0.3 is 6.01 Å². The molecule has 0 aliphatic carbocycles. The highest BCUT2D eigenvalue weighted by Crippen LogP contribution is 2.23. The molecule has 2 aromatic rings. The summed E-state index contributed by atoms with van der Waals surface area (Å²) in [5.74, 6) is 0.406. The van der Waals surface area contributed by atoms with Crippen molar-refractivity contribution in [3.63, 3.8) is 0 Å². The monoisotopic (exact) mass is 266 g/mol. The van der Waals surface area contributed by atoms with Crippen LogP contribution in [0.25, 0.3) is 0 Å². The van der Waals surface area contributed by atoms with Crippen molar-refractivity contribution in [3.05, 3.63) is 47.0 Å². The third-order valence-corrected chi connectivity index (χ3v) is 2.84. The Morgan fingerprint density at radius 3 is 2.78 bits per heavy atom. The zero-order valence-corrected chi connectivity index (χ0v) is 10.8. The molecule has 0 aliphatic rings. The van der Waals surface area contributed by atoms with E-state index < -0.39 is 0 Å². The SMILES string of the molecule is Cc1ccc(F)cc1Oc1ncc(CCl)c(C)n1. The van der Waals surface area contributed by atoms with Gasteiger partial charge in [-0.3, -0.25) is 0 Å². The number of ether oxygens (including phenoxy) is 1. The molecule has 1 heterocycles. The van der Waals surface area contributed by atoms with Crippen molar-refractivity contribution in [1.29, 1.82) is 0 Å². The van der Waals surface area contributed by atoms with Crippen LogP contribution in [0.5, 0.6) is 11.8 Å². The van der Waals surface area contributed by atoms with Crippen molar-refractivity contribution in [2.24, 2.45) is 0 Å². The minimum atomic E-state index is -0.357. The Morgan fingerprint density at radius 2 is 2.11 bits per heavy atom. The van der Waals surface area contributed by atoms with Gasteiger partial charge in [0.05, 0.1) is 5.88 Å². The topological polar surface area (TPSA) is 35.0 Å². The molecule has 0 fully saturated rings. The molecule has 1 aromatic carbocycles. The number of aromatic nitrogens is 2. The second-order valence-electron chi connectivity index (χ2n) is 3.91. The molecule has 94 valence electrons. The van der Waals surface area contributed by atoms with Crippen LogP contribution in [0.15, 0.2) is 24.4 Å². The van der Waals surface area contributed by atoms with E-state index in [1.165, 1.54) is 12.1 Å². The van der Waals surface area contributed by atoms with Gasteiger partial charge in [0.25, 0.3) is 0 Å². The summed E-state index contributed by atoms with van der Waals surface area (Å²) in [4.78, 5) is 8.21.